The number of carbonyl (C=O) groups excluding carboxylic acids is 1. The lowest BCUT2D eigenvalue weighted by Crippen LogP contribution is -2.49. The van der Waals surface area contributed by atoms with Crippen molar-refractivity contribution in [3.63, 3.8) is 0 Å². The number of aromatic nitrogens is 2. The Balaban J connectivity index is 1.63. The molecule has 4 rings (SSSR count). The van der Waals surface area contributed by atoms with E-state index in [1.165, 1.54) is 12.1 Å². The number of piperidine rings is 1. The fraction of sp³-hybridized carbons (Fsp3) is 0.448. The van der Waals surface area contributed by atoms with Gasteiger partial charge in [0, 0.05) is 36.6 Å². The van der Waals surface area contributed by atoms with Gasteiger partial charge in [-0.15, -0.1) is 0 Å². The minimum absolute atomic E-state index is 0.0248. The second-order valence-electron chi connectivity index (χ2n) is 10.8. The molecule has 2 atom stereocenters. The molecule has 1 aliphatic heterocycles. The molecule has 0 bridgehead atoms. The number of benzene rings is 2. The van der Waals surface area contributed by atoms with Gasteiger partial charge in [0.25, 0.3) is 5.91 Å². The molecule has 8 nitrogen and oxygen atoms in total. The lowest BCUT2D eigenvalue weighted by molar-refractivity contribution is -0.140. The Morgan fingerprint density at radius 2 is 1.86 bits per heavy atom. The molecule has 15 heteroatoms. The number of imidazole rings is 1. The molecule has 0 spiro atoms. The molecule has 0 radical (unpaired) electrons. The standard InChI is InChI=1S/C29H31F6N5O3S/c1-4-39-11-9-23(18(2)15-39)38-27(41)21-12-19(13-25-26(21)37-17-40(25)16-28(30,31)32)6-5-10-36-24-8-7-20(44(3,42)43)14-22(24)29(33,34)35/h7-8,12-14,17-18,23,36H,4,9-11,15-16H2,1-3H3,(H,38,41)/t18-,23-/m0/s1. The third-order valence-corrected chi connectivity index (χ3v) is 8.51. The number of nitrogens with zero attached hydrogens (tertiary/aromatic N) is 3. The van der Waals surface area contributed by atoms with Crippen molar-refractivity contribution < 1.29 is 39.6 Å². The van der Waals surface area contributed by atoms with Crippen molar-refractivity contribution in [3.05, 3.63) is 53.3 Å². The average molecular weight is 644 g/mol. The summed E-state index contributed by atoms with van der Waals surface area (Å²) >= 11 is 0. The number of hydrogen-bond acceptors (Lipinski definition) is 6. The minimum atomic E-state index is -4.86. The number of amides is 1. The molecule has 1 aliphatic rings. The maximum atomic E-state index is 13.6. The van der Waals surface area contributed by atoms with E-state index in [1.807, 2.05) is 13.8 Å². The molecular formula is C29H31F6N5O3S. The van der Waals surface area contributed by atoms with Crippen LogP contribution in [-0.4, -0.2) is 73.4 Å². The molecule has 2 heterocycles. The first kappa shape index (κ1) is 33.1. The Kier molecular flexibility index (Phi) is 9.55. The first-order valence-corrected chi connectivity index (χ1v) is 15.6. The maximum Gasteiger partial charge on any atom is 0.418 e. The number of sulfone groups is 1. The van der Waals surface area contributed by atoms with Crippen LogP contribution in [0.2, 0.25) is 0 Å². The molecule has 0 aliphatic carbocycles. The van der Waals surface area contributed by atoms with E-state index in [0.29, 0.717) is 12.5 Å². The molecule has 2 aromatic carbocycles. The normalized spacial score (nSPS) is 18.1. The Morgan fingerprint density at radius 3 is 2.48 bits per heavy atom. The van der Waals surface area contributed by atoms with Crippen LogP contribution in [0, 0.1) is 17.8 Å². The second kappa shape index (κ2) is 12.7. The molecule has 1 amide bonds. The van der Waals surface area contributed by atoms with Crippen LogP contribution in [0.25, 0.3) is 11.0 Å². The predicted octanol–water partition coefficient (Wildman–Crippen LogP) is 4.94. The van der Waals surface area contributed by atoms with Crippen LogP contribution in [0.4, 0.5) is 32.0 Å². The molecule has 3 aromatic rings. The van der Waals surface area contributed by atoms with Gasteiger partial charge in [-0.2, -0.15) is 26.3 Å². The monoisotopic (exact) mass is 643 g/mol. The Labute approximate surface area is 250 Å². The van der Waals surface area contributed by atoms with Crippen molar-refractivity contribution in [2.45, 2.75) is 50.1 Å². The van der Waals surface area contributed by atoms with Gasteiger partial charge >= 0.3 is 12.4 Å². The average Bonchev–Trinajstić information content (AvgIpc) is 3.31. The molecule has 1 fully saturated rings. The highest BCUT2D eigenvalue weighted by Crippen LogP contribution is 2.36. The van der Waals surface area contributed by atoms with Crippen molar-refractivity contribution in [1.29, 1.82) is 0 Å². The fourth-order valence-corrected chi connectivity index (χ4v) is 5.78. The van der Waals surface area contributed by atoms with Crippen molar-refractivity contribution in [2.75, 3.05) is 37.8 Å². The molecule has 1 aromatic heterocycles. The Hall–Kier alpha value is -3.77. The van der Waals surface area contributed by atoms with E-state index in [4.69, 9.17) is 0 Å². The summed E-state index contributed by atoms with van der Waals surface area (Å²) in [5.74, 6) is 4.95. The van der Waals surface area contributed by atoms with Crippen LogP contribution in [0.15, 0.2) is 41.6 Å². The molecule has 1 saturated heterocycles. The third kappa shape index (κ3) is 8.03. The summed E-state index contributed by atoms with van der Waals surface area (Å²) in [5, 5.41) is 5.49. The zero-order valence-corrected chi connectivity index (χ0v) is 24.9. The van der Waals surface area contributed by atoms with Crippen LogP contribution >= 0.6 is 0 Å². The first-order chi connectivity index (χ1) is 20.5. The summed E-state index contributed by atoms with van der Waals surface area (Å²) in [6, 6.07) is 5.11. The number of hydrogen-bond donors (Lipinski definition) is 2. The Bertz CT molecular complexity index is 1710. The zero-order chi connectivity index (χ0) is 32.4. The van der Waals surface area contributed by atoms with Crippen LogP contribution in [-0.2, 0) is 22.6 Å². The van der Waals surface area contributed by atoms with Gasteiger partial charge < -0.3 is 20.1 Å². The molecule has 0 unspecified atom stereocenters. The van der Waals surface area contributed by atoms with E-state index in [1.54, 1.807) is 0 Å². The maximum absolute atomic E-state index is 13.6. The quantitative estimate of drug-likeness (QED) is 0.280. The van der Waals surface area contributed by atoms with Gasteiger partial charge in [0.2, 0.25) is 0 Å². The lowest BCUT2D eigenvalue weighted by Gasteiger charge is -2.36. The summed E-state index contributed by atoms with van der Waals surface area (Å²) in [6.45, 7) is 4.83. The number of alkyl halides is 6. The van der Waals surface area contributed by atoms with Gasteiger partial charge in [0.15, 0.2) is 9.84 Å². The van der Waals surface area contributed by atoms with Crippen LogP contribution in [0.1, 0.15) is 41.8 Å². The highest BCUT2D eigenvalue weighted by molar-refractivity contribution is 7.90. The number of rotatable bonds is 7. The number of anilines is 1. The Morgan fingerprint density at radius 1 is 1.14 bits per heavy atom. The SMILES string of the molecule is CCN1CC[C@H](NC(=O)c2cc(C#CCNc3ccc(S(C)(=O)=O)cc3C(F)(F)F)cc3c2ncn3CC(F)(F)F)[C@@H](C)C1. The topological polar surface area (TPSA) is 96.3 Å². The molecule has 238 valence electrons. The van der Waals surface area contributed by atoms with E-state index in [2.05, 4.69) is 32.4 Å². The molecule has 2 N–H and O–H groups in total. The summed E-state index contributed by atoms with van der Waals surface area (Å²) in [6.07, 6.45) is -6.93. The van der Waals surface area contributed by atoms with Crippen molar-refractivity contribution in [1.82, 2.24) is 19.8 Å². The smallest absolute Gasteiger partial charge is 0.374 e. The molecule has 44 heavy (non-hydrogen) atoms. The van der Waals surface area contributed by atoms with Crippen molar-refractivity contribution >= 4 is 32.5 Å². The summed E-state index contributed by atoms with van der Waals surface area (Å²) in [5.41, 5.74) is -1.32. The van der Waals surface area contributed by atoms with E-state index in [-0.39, 0.29) is 40.7 Å². The van der Waals surface area contributed by atoms with E-state index in [0.717, 1.165) is 48.9 Å². The van der Waals surface area contributed by atoms with Gasteiger partial charge in [-0.25, -0.2) is 13.4 Å². The van der Waals surface area contributed by atoms with Gasteiger partial charge in [0.05, 0.1) is 34.4 Å². The number of halogens is 6. The number of carbonyl (C=O) groups is 1. The van der Waals surface area contributed by atoms with Crippen LogP contribution < -0.4 is 10.6 Å². The number of nitrogens with one attached hydrogen (secondary N) is 2. The fourth-order valence-electron chi connectivity index (χ4n) is 5.14. The van der Waals surface area contributed by atoms with Crippen molar-refractivity contribution in [3.8, 4) is 11.8 Å². The van der Waals surface area contributed by atoms with E-state index < -0.39 is 50.8 Å². The largest absolute Gasteiger partial charge is 0.418 e. The van der Waals surface area contributed by atoms with Gasteiger partial charge in [-0.1, -0.05) is 25.7 Å². The first-order valence-electron chi connectivity index (χ1n) is 13.7. The van der Waals surface area contributed by atoms with Gasteiger partial charge in [-0.05, 0) is 49.2 Å². The van der Waals surface area contributed by atoms with Crippen molar-refractivity contribution in [2.24, 2.45) is 5.92 Å². The van der Waals surface area contributed by atoms with Crippen LogP contribution in [0.3, 0.4) is 0 Å². The predicted molar refractivity (Wildman–Crippen MR) is 153 cm³/mol. The van der Waals surface area contributed by atoms with Gasteiger partial charge in [-0.3, -0.25) is 4.79 Å². The van der Waals surface area contributed by atoms with E-state index >= 15 is 0 Å². The highest BCUT2D eigenvalue weighted by Gasteiger charge is 2.35. The minimum Gasteiger partial charge on any atom is -0.374 e. The molecular weight excluding hydrogens is 612 g/mol. The second-order valence-corrected chi connectivity index (χ2v) is 12.8. The number of fused-ring (bicyclic) bond motifs is 1. The number of likely N-dealkylation sites (tertiary alicyclic amines) is 1. The van der Waals surface area contributed by atoms with E-state index in [9.17, 15) is 39.6 Å². The van der Waals surface area contributed by atoms with Crippen LogP contribution in [0.5, 0.6) is 0 Å². The summed E-state index contributed by atoms with van der Waals surface area (Å²) in [4.78, 5) is 19.2. The highest BCUT2D eigenvalue weighted by atomic mass is 32.2. The lowest BCUT2D eigenvalue weighted by atomic mass is 9.93. The third-order valence-electron chi connectivity index (χ3n) is 7.40. The zero-order valence-electron chi connectivity index (χ0n) is 24.1. The summed E-state index contributed by atoms with van der Waals surface area (Å²) in [7, 11) is -3.89. The summed E-state index contributed by atoms with van der Waals surface area (Å²) < 4.78 is 105. The molecule has 0 saturated carbocycles. The van der Waals surface area contributed by atoms with Gasteiger partial charge in [0.1, 0.15) is 12.1 Å².